The number of aryl methyl sites for hydroxylation is 3. The van der Waals surface area contributed by atoms with E-state index >= 15 is 0 Å². The van der Waals surface area contributed by atoms with Crippen LogP contribution in [0.15, 0.2) is 16.5 Å². The first-order valence-electron chi connectivity index (χ1n) is 6.48. The van der Waals surface area contributed by atoms with Gasteiger partial charge >= 0.3 is 5.69 Å². The first-order chi connectivity index (χ1) is 9.43. The summed E-state index contributed by atoms with van der Waals surface area (Å²) in [6.07, 6.45) is 0. The Hall–Kier alpha value is -2.31. The van der Waals surface area contributed by atoms with Crippen LogP contribution in [-0.2, 0) is 6.54 Å². The molecule has 0 saturated carbocycles. The highest BCUT2D eigenvalue weighted by atomic mass is 16.6. The predicted octanol–water partition coefficient (Wildman–Crippen LogP) is 3.19. The first-order valence-corrected chi connectivity index (χ1v) is 6.48. The van der Waals surface area contributed by atoms with Crippen molar-refractivity contribution in [1.82, 2.24) is 9.78 Å². The van der Waals surface area contributed by atoms with Crippen LogP contribution in [0.2, 0.25) is 0 Å². The van der Waals surface area contributed by atoms with Crippen molar-refractivity contribution in [2.24, 2.45) is 0 Å². The largest absolute Gasteiger partial charge is 0.464 e. The third kappa shape index (κ3) is 2.52. The van der Waals surface area contributed by atoms with Crippen molar-refractivity contribution in [2.45, 2.75) is 40.3 Å². The number of hydrogen-bond donors (Lipinski definition) is 1. The lowest BCUT2D eigenvalue weighted by atomic mass is 10.2. The highest BCUT2D eigenvalue weighted by Gasteiger charge is 2.26. The van der Waals surface area contributed by atoms with E-state index in [9.17, 15) is 10.1 Å². The fourth-order valence-corrected chi connectivity index (χ4v) is 2.12. The Balaban J connectivity index is 2.34. The average molecular weight is 278 g/mol. The molecule has 7 heteroatoms. The third-order valence-electron chi connectivity index (χ3n) is 3.12. The van der Waals surface area contributed by atoms with Gasteiger partial charge in [0, 0.05) is 6.54 Å². The zero-order valence-electron chi connectivity index (χ0n) is 12.0. The number of rotatable bonds is 5. The fourth-order valence-electron chi connectivity index (χ4n) is 2.12. The van der Waals surface area contributed by atoms with Gasteiger partial charge in [-0.2, -0.15) is 5.10 Å². The number of nitro groups is 1. The van der Waals surface area contributed by atoms with Crippen molar-refractivity contribution in [3.8, 4) is 0 Å². The van der Waals surface area contributed by atoms with Gasteiger partial charge in [-0.05, 0) is 39.8 Å². The van der Waals surface area contributed by atoms with Gasteiger partial charge in [0.2, 0.25) is 5.82 Å². The maximum absolute atomic E-state index is 11.2. The summed E-state index contributed by atoms with van der Waals surface area (Å²) in [5.41, 5.74) is 0.421. The lowest BCUT2D eigenvalue weighted by Crippen LogP contribution is -2.12. The van der Waals surface area contributed by atoms with Gasteiger partial charge in [-0.25, -0.2) is 4.68 Å². The van der Waals surface area contributed by atoms with Crippen molar-refractivity contribution in [2.75, 3.05) is 5.32 Å². The molecule has 1 unspecified atom stereocenters. The van der Waals surface area contributed by atoms with Gasteiger partial charge in [-0.3, -0.25) is 10.1 Å². The monoisotopic (exact) mass is 278 g/mol. The van der Waals surface area contributed by atoms with E-state index in [0.29, 0.717) is 18.1 Å². The van der Waals surface area contributed by atoms with Gasteiger partial charge in [-0.15, -0.1) is 0 Å². The van der Waals surface area contributed by atoms with Crippen molar-refractivity contribution in [1.29, 1.82) is 0 Å². The van der Waals surface area contributed by atoms with E-state index in [2.05, 4.69) is 10.4 Å². The zero-order valence-corrected chi connectivity index (χ0v) is 12.0. The number of furan rings is 1. The van der Waals surface area contributed by atoms with Crippen LogP contribution in [0.5, 0.6) is 0 Å². The molecule has 1 atom stereocenters. The summed E-state index contributed by atoms with van der Waals surface area (Å²) in [5.74, 6) is 1.96. The molecule has 108 valence electrons. The Morgan fingerprint density at radius 3 is 2.70 bits per heavy atom. The maximum atomic E-state index is 11.2. The maximum Gasteiger partial charge on any atom is 0.333 e. The number of aromatic nitrogens is 2. The highest BCUT2D eigenvalue weighted by molar-refractivity contribution is 5.60. The smallest absolute Gasteiger partial charge is 0.333 e. The van der Waals surface area contributed by atoms with Crippen molar-refractivity contribution in [3.05, 3.63) is 39.5 Å². The summed E-state index contributed by atoms with van der Waals surface area (Å²) in [6, 6.07) is 3.55. The molecule has 0 radical (unpaired) electrons. The Labute approximate surface area is 116 Å². The number of anilines is 1. The van der Waals surface area contributed by atoms with Crippen LogP contribution in [0.25, 0.3) is 0 Å². The first kappa shape index (κ1) is 14.1. The summed E-state index contributed by atoms with van der Waals surface area (Å²) in [7, 11) is 0. The molecule has 0 bridgehead atoms. The van der Waals surface area contributed by atoms with E-state index < -0.39 is 4.92 Å². The van der Waals surface area contributed by atoms with Gasteiger partial charge in [0.25, 0.3) is 0 Å². The third-order valence-corrected chi connectivity index (χ3v) is 3.12. The molecule has 2 heterocycles. The summed E-state index contributed by atoms with van der Waals surface area (Å²) in [5, 5.41) is 18.5. The molecule has 2 aromatic rings. The van der Waals surface area contributed by atoms with Gasteiger partial charge in [0.15, 0.2) is 0 Å². The molecule has 0 aliphatic rings. The lowest BCUT2D eigenvalue weighted by Gasteiger charge is -2.13. The molecule has 0 aromatic carbocycles. The van der Waals surface area contributed by atoms with Crippen molar-refractivity contribution < 1.29 is 9.34 Å². The molecule has 7 nitrogen and oxygen atoms in total. The van der Waals surface area contributed by atoms with Gasteiger partial charge in [-0.1, -0.05) is 0 Å². The molecule has 1 N–H and O–H groups in total. The molecule has 2 rings (SSSR count). The molecule has 2 aromatic heterocycles. The average Bonchev–Trinajstić information content (AvgIpc) is 2.93. The van der Waals surface area contributed by atoms with E-state index in [0.717, 1.165) is 11.5 Å². The van der Waals surface area contributed by atoms with Gasteiger partial charge < -0.3 is 9.73 Å². The van der Waals surface area contributed by atoms with Gasteiger partial charge in [0.05, 0.1) is 11.0 Å². The normalized spacial score (nSPS) is 12.4. The molecule has 0 amide bonds. The molecule has 0 aliphatic carbocycles. The summed E-state index contributed by atoms with van der Waals surface area (Å²) in [6.45, 7) is 7.84. The zero-order chi connectivity index (χ0) is 14.9. The Bertz CT molecular complexity index is 630. The number of nitrogens with zero attached hydrogens (tertiary/aromatic N) is 3. The van der Waals surface area contributed by atoms with Crippen LogP contribution < -0.4 is 5.32 Å². The Morgan fingerprint density at radius 2 is 2.20 bits per heavy atom. The predicted molar refractivity (Wildman–Crippen MR) is 74.8 cm³/mol. The van der Waals surface area contributed by atoms with E-state index in [1.807, 2.05) is 32.9 Å². The molecular weight excluding hydrogens is 260 g/mol. The van der Waals surface area contributed by atoms with Crippen LogP contribution in [0.3, 0.4) is 0 Å². The highest BCUT2D eigenvalue weighted by Crippen LogP contribution is 2.31. The minimum absolute atomic E-state index is 0.0157. The minimum Gasteiger partial charge on any atom is -0.464 e. The Kier molecular flexibility index (Phi) is 3.78. The molecular formula is C13H18N4O3. The SMILES string of the molecule is CCn1nc(C)c([N+](=O)[O-])c1NC(C)c1ccc(C)o1. The lowest BCUT2D eigenvalue weighted by molar-refractivity contribution is -0.384. The van der Waals surface area contributed by atoms with Crippen LogP contribution in [0, 0.1) is 24.0 Å². The van der Waals surface area contributed by atoms with E-state index in [1.165, 1.54) is 0 Å². The minimum atomic E-state index is -0.406. The topological polar surface area (TPSA) is 86.1 Å². The fraction of sp³-hybridized carbons (Fsp3) is 0.462. The standard InChI is InChI=1S/C13H18N4O3/c1-5-16-13(12(17(18)19)10(4)15-16)14-9(3)11-7-6-8(2)20-11/h6-7,9,14H,5H2,1-4H3. The molecule has 0 saturated heterocycles. The molecule has 0 spiro atoms. The summed E-state index contributed by atoms with van der Waals surface area (Å²) in [4.78, 5) is 10.8. The van der Waals surface area contributed by atoms with E-state index in [4.69, 9.17) is 4.42 Å². The quantitative estimate of drug-likeness (QED) is 0.670. The van der Waals surface area contributed by atoms with Crippen LogP contribution in [0.1, 0.15) is 37.1 Å². The second-order valence-electron chi connectivity index (χ2n) is 4.67. The van der Waals surface area contributed by atoms with E-state index in [-0.39, 0.29) is 11.7 Å². The van der Waals surface area contributed by atoms with Crippen molar-refractivity contribution >= 4 is 11.5 Å². The molecule has 0 fully saturated rings. The van der Waals surface area contributed by atoms with Crippen LogP contribution >= 0.6 is 0 Å². The molecule has 0 aliphatic heterocycles. The second-order valence-corrected chi connectivity index (χ2v) is 4.67. The Morgan fingerprint density at radius 1 is 1.50 bits per heavy atom. The number of hydrogen-bond acceptors (Lipinski definition) is 5. The molecule has 20 heavy (non-hydrogen) atoms. The van der Waals surface area contributed by atoms with Gasteiger partial charge in [0.1, 0.15) is 17.2 Å². The van der Waals surface area contributed by atoms with Crippen LogP contribution in [-0.4, -0.2) is 14.7 Å². The van der Waals surface area contributed by atoms with Crippen molar-refractivity contribution in [3.63, 3.8) is 0 Å². The summed E-state index contributed by atoms with van der Waals surface area (Å²) >= 11 is 0. The number of nitrogens with one attached hydrogen (secondary N) is 1. The second kappa shape index (κ2) is 5.36. The summed E-state index contributed by atoms with van der Waals surface area (Å²) < 4.78 is 7.13. The van der Waals surface area contributed by atoms with E-state index in [1.54, 1.807) is 11.6 Å². The van der Waals surface area contributed by atoms with Crippen LogP contribution in [0.4, 0.5) is 11.5 Å².